The topological polar surface area (TPSA) is 32.3 Å². The van der Waals surface area contributed by atoms with E-state index in [-0.39, 0.29) is 5.91 Å². The quantitative estimate of drug-likeness (QED) is 0.460. The molecule has 1 rings (SSSR count). The molecule has 1 amide bonds. The lowest BCUT2D eigenvalue weighted by Crippen LogP contribution is -2.49. The average molecular weight is 144 g/mol. The molecule has 4 heteroatoms. The van der Waals surface area contributed by atoms with Gasteiger partial charge in [0.25, 0.3) is 5.91 Å². The lowest BCUT2D eigenvalue weighted by molar-refractivity contribution is -0.123. The van der Waals surface area contributed by atoms with E-state index < -0.39 is 0 Å². The zero-order valence-electron chi connectivity index (χ0n) is 5.18. The van der Waals surface area contributed by atoms with E-state index in [4.69, 9.17) is 12.2 Å². The molecule has 0 aliphatic carbocycles. The third-order valence-electron chi connectivity index (χ3n) is 1.27. The van der Waals surface area contributed by atoms with E-state index >= 15 is 0 Å². The van der Waals surface area contributed by atoms with Crippen LogP contribution in [0.4, 0.5) is 0 Å². The molecule has 1 saturated heterocycles. The largest absolute Gasteiger partial charge is 0.370 e. The molecule has 1 aliphatic heterocycles. The van der Waals surface area contributed by atoms with E-state index in [1.165, 1.54) is 0 Å². The second kappa shape index (κ2) is 2.31. The van der Waals surface area contributed by atoms with Gasteiger partial charge >= 0.3 is 0 Å². The second-order valence-corrected chi connectivity index (χ2v) is 2.39. The van der Waals surface area contributed by atoms with Gasteiger partial charge in [0.05, 0.1) is 0 Å². The van der Waals surface area contributed by atoms with Crippen molar-refractivity contribution in [2.75, 3.05) is 20.1 Å². The summed E-state index contributed by atoms with van der Waals surface area (Å²) in [6.45, 7) is 1.53. The van der Waals surface area contributed by atoms with Crippen LogP contribution in [-0.2, 0) is 4.79 Å². The highest BCUT2D eigenvalue weighted by atomic mass is 32.1. The summed E-state index contributed by atoms with van der Waals surface area (Å²) in [5.74, 6) is -0.0729. The van der Waals surface area contributed by atoms with E-state index in [9.17, 15) is 4.79 Å². The maximum Gasteiger partial charge on any atom is 0.281 e. The molecule has 0 spiro atoms. The highest BCUT2D eigenvalue weighted by Crippen LogP contribution is 1.91. The lowest BCUT2D eigenvalue weighted by atomic mass is 10.4. The number of hydrogen-bond donors (Lipinski definition) is 1. The highest BCUT2D eigenvalue weighted by Gasteiger charge is 2.18. The first kappa shape index (κ1) is 6.48. The third-order valence-corrected chi connectivity index (χ3v) is 1.59. The predicted molar refractivity (Wildman–Crippen MR) is 38.2 cm³/mol. The molecule has 3 nitrogen and oxygen atoms in total. The van der Waals surface area contributed by atoms with E-state index in [1.807, 2.05) is 0 Å². The molecule has 9 heavy (non-hydrogen) atoms. The van der Waals surface area contributed by atoms with Gasteiger partial charge in [-0.2, -0.15) is 0 Å². The van der Waals surface area contributed by atoms with Crippen LogP contribution >= 0.6 is 12.2 Å². The Morgan fingerprint density at radius 2 is 2.44 bits per heavy atom. The first-order valence-corrected chi connectivity index (χ1v) is 3.16. The summed E-state index contributed by atoms with van der Waals surface area (Å²) >= 11 is 4.70. The number of nitrogens with zero attached hydrogens (tertiary/aromatic N) is 1. The van der Waals surface area contributed by atoms with Gasteiger partial charge in [-0.3, -0.25) is 4.79 Å². The van der Waals surface area contributed by atoms with Crippen molar-refractivity contribution in [2.45, 2.75) is 0 Å². The molecule has 0 aromatic heterocycles. The van der Waals surface area contributed by atoms with Crippen molar-refractivity contribution in [2.24, 2.45) is 0 Å². The van der Waals surface area contributed by atoms with Crippen molar-refractivity contribution in [1.29, 1.82) is 0 Å². The lowest BCUT2D eigenvalue weighted by Gasteiger charge is -2.23. The van der Waals surface area contributed by atoms with Crippen LogP contribution < -0.4 is 5.32 Å². The minimum absolute atomic E-state index is 0.0729. The Kier molecular flexibility index (Phi) is 1.66. The summed E-state index contributed by atoms with van der Waals surface area (Å²) in [5.41, 5.74) is 0. The SMILES string of the molecule is CN1CCNC(=S)C1=O. The number of carbonyl (C=O) groups excluding carboxylic acids is 1. The molecule has 0 radical (unpaired) electrons. The molecule has 50 valence electrons. The van der Waals surface area contributed by atoms with Crippen molar-refractivity contribution in [3.63, 3.8) is 0 Å². The van der Waals surface area contributed by atoms with Gasteiger partial charge in [-0.1, -0.05) is 12.2 Å². The molecule has 1 heterocycles. The first-order chi connectivity index (χ1) is 4.22. The first-order valence-electron chi connectivity index (χ1n) is 2.75. The van der Waals surface area contributed by atoms with Gasteiger partial charge < -0.3 is 10.2 Å². The van der Waals surface area contributed by atoms with Gasteiger partial charge in [-0.15, -0.1) is 0 Å². The number of nitrogens with one attached hydrogen (secondary N) is 1. The van der Waals surface area contributed by atoms with Crippen LogP contribution in [0.2, 0.25) is 0 Å². The van der Waals surface area contributed by atoms with Crippen molar-refractivity contribution < 1.29 is 4.79 Å². The summed E-state index contributed by atoms with van der Waals surface area (Å²) in [6, 6.07) is 0. The average Bonchev–Trinajstić information content (AvgIpc) is 1.83. The zero-order chi connectivity index (χ0) is 6.85. The number of thiocarbonyl (C=S) groups is 1. The van der Waals surface area contributed by atoms with E-state index in [1.54, 1.807) is 11.9 Å². The molecule has 0 atom stereocenters. The number of carbonyl (C=O) groups is 1. The van der Waals surface area contributed by atoms with Crippen molar-refractivity contribution in [3.05, 3.63) is 0 Å². The molecule has 1 aliphatic rings. The zero-order valence-corrected chi connectivity index (χ0v) is 5.99. The van der Waals surface area contributed by atoms with Crippen LogP contribution in [0.3, 0.4) is 0 Å². The Morgan fingerprint density at radius 1 is 1.78 bits per heavy atom. The third kappa shape index (κ3) is 1.18. The number of rotatable bonds is 0. The number of amides is 1. The van der Waals surface area contributed by atoms with E-state index in [2.05, 4.69) is 5.32 Å². The fourth-order valence-corrected chi connectivity index (χ4v) is 0.946. The summed E-state index contributed by atoms with van der Waals surface area (Å²) in [5, 5.41) is 2.80. The van der Waals surface area contributed by atoms with Gasteiger partial charge in [-0.25, -0.2) is 0 Å². The molecule has 0 aromatic rings. The fourth-order valence-electron chi connectivity index (χ4n) is 0.688. The monoisotopic (exact) mass is 144 g/mol. The fraction of sp³-hybridized carbons (Fsp3) is 0.600. The van der Waals surface area contributed by atoms with E-state index in [0.29, 0.717) is 4.99 Å². The van der Waals surface area contributed by atoms with Crippen molar-refractivity contribution in [3.8, 4) is 0 Å². The second-order valence-electron chi connectivity index (χ2n) is 1.98. The molecule has 1 fully saturated rings. The van der Waals surface area contributed by atoms with Crippen LogP contribution in [-0.4, -0.2) is 35.9 Å². The van der Waals surface area contributed by atoms with Crippen molar-refractivity contribution in [1.82, 2.24) is 10.2 Å². The van der Waals surface area contributed by atoms with Gasteiger partial charge in [0, 0.05) is 20.1 Å². The van der Waals surface area contributed by atoms with E-state index in [0.717, 1.165) is 13.1 Å². The standard InChI is InChI=1S/C5H8N2OS/c1-7-3-2-6-4(9)5(7)8/h2-3H2,1H3,(H,6,9). The van der Waals surface area contributed by atoms with Crippen LogP contribution in [0.5, 0.6) is 0 Å². The van der Waals surface area contributed by atoms with Gasteiger partial charge in [0.2, 0.25) is 0 Å². The molecule has 0 unspecified atom stereocenters. The Hall–Kier alpha value is -0.640. The number of hydrogen-bond acceptors (Lipinski definition) is 2. The normalized spacial score (nSPS) is 19.9. The smallest absolute Gasteiger partial charge is 0.281 e. The maximum atomic E-state index is 10.8. The van der Waals surface area contributed by atoms with Gasteiger partial charge in [0.1, 0.15) is 0 Å². The molecular weight excluding hydrogens is 136 g/mol. The van der Waals surface area contributed by atoms with Crippen LogP contribution in [0.25, 0.3) is 0 Å². The summed E-state index contributed by atoms with van der Waals surface area (Å²) in [4.78, 5) is 12.8. The Labute approximate surface area is 59.0 Å². The van der Waals surface area contributed by atoms with Gasteiger partial charge in [-0.05, 0) is 0 Å². The molecule has 0 bridgehead atoms. The van der Waals surface area contributed by atoms with Crippen molar-refractivity contribution >= 4 is 23.1 Å². The number of likely N-dealkylation sites (N-methyl/N-ethyl adjacent to an activating group) is 1. The summed E-state index contributed by atoms with van der Waals surface area (Å²) in [7, 11) is 1.75. The van der Waals surface area contributed by atoms with Crippen LogP contribution in [0.15, 0.2) is 0 Å². The Morgan fingerprint density at radius 3 is 2.89 bits per heavy atom. The van der Waals surface area contributed by atoms with Crippen LogP contribution in [0, 0.1) is 0 Å². The predicted octanol–water partition coefficient (Wildman–Crippen LogP) is -0.625. The summed E-state index contributed by atoms with van der Waals surface area (Å²) in [6.07, 6.45) is 0. The molecule has 0 saturated carbocycles. The van der Waals surface area contributed by atoms with Gasteiger partial charge in [0.15, 0.2) is 4.99 Å². The Bertz CT molecular complexity index is 157. The highest BCUT2D eigenvalue weighted by molar-refractivity contribution is 7.82. The van der Waals surface area contributed by atoms with Crippen LogP contribution in [0.1, 0.15) is 0 Å². The minimum atomic E-state index is -0.0729. The Balaban J connectivity index is 2.62. The maximum absolute atomic E-state index is 10.8. The minimum Gasteiger partial charge on any atom is -0.370 e. The number of piperazine rings is 1. The molecule has 1 N–H and O–H groups in total. The molecular formula is C5H8N2OS. The summed E-state index contributed by atoms with van der Waals surface area (Å²) < 4.78 is 0. The molecule has 0 aromatic carbocycles.